The van der Waals surface area contributed by atoms with Crippen LogP contribution in [-0.2, 0) is 0 Å². The SMILES string of the molecule is CCCC[C@H](C)CNC(=O)c1c[nH]c2cc(-c3ccc(F)cc3)ccc12. The zero-order valence-electron chi connectivity index (χ0n) is 15.3. The van der Waals surface area contributed by atoms with E-state index in [9.17, 15) is 9.18 Å². The lowest BCUT2D eigenvalue weighted by atomic mass is 10.0. The number of rotatable bonds is 7. The first-order valence-corrected chi connectivity index (χ1v) is 9.23. The smallest absolute Gasteiger partial charge is 0.253 e. The van der Waals surface area contributed by atoms with E-state index in [0.717, 1.165) is 28.5 Å². The number of nitrogens with one attached hydrogen (secondary N) is 2. The summed E-state index contributed by atoms with van der Waals surface area (Å²) in [5.74, 6) is 0.185. The van der Waals surface area contributed by atoms with Gasteiger partial charge >= 0.3 is 0 Å². The van der Waals surface area contributed by atoms with Crippen molar-refractivity contribution in [2.45, 2.75) is 33.1 Å². The van der Waals surface area contributed by atoms with Crippen molar-refractivity contribution in [1.29, 1.82) is 0 Å². The number of unbranched alkanes of at least 4 members (excludes halogenated alkanes) is 1. The Balaban J connectivity index is 1.74. The van der Waals surface area contributed by atoms with Gasteiger partial charge in [-0.1, -0.05) is 51.0 Å². The maximum absolute atomic E-state index is 13.1. The second-order valence-electron chi connectivity index (χ2n) is 6.93. The first-order chi connectivity index (χ1) is 12.6. The highest BCUT2D eigenvalue weighted by atomic mass is 19.1. The molecule has 0 unspecified atom stereocenters. The zero-order valence-corrected chi connectivity index (χ0v) is 15.3. The molecule has 1 heterocycles. The molecule has 3 rings (SSSR count). The third-order valence-corrected chi connectivity index (χ3v) is 4.77. The predicted molar refractivity (Wildman–Crippen MR) is 105 cm³/mol. The number of carbonyl (C=O) groups is 1. The second-order valence-corrected chi connectivity index (χ2v) is 6.93. The van der Waals surface area contributed by atoms with E-state index in [2.05, 4.69) is 24.1 Å². The number of halogens is 1. The lowest BCUT2D eigenvalue weighted by molar-refractivity contribution is 0.0949. The Hall–Kier alpha value is -2.62. The lowest BCUT2D eigenvalue weighted by Crippen LogP contribution is -2.28. The molecule has 3 aromatic rings. The van der Waals surface area contributed by atoms with E-state index in [0.29, 0.717) is 18.0 Å². The molecular formula is C22H25FN2O. The fraction of sp³-hybridized carbons (Fsp3) is 0.318. The third kappa shape index (κ3) is 4.13. The predicted octanol–water partition coefficient (Wildman–Crippen LogP) is 5.53. The van der Waals surface area contributed by atoms with Crippen LogP contribution in [0.2, 0.25) is 0 Å². The quantitative estimate of drug-likeness (QED) is 0.577. The van der Waals surface area contributed by atoms with Crippen molar-refractivity contribution in [1.82, 2.24) is 10.3 Å². The van der Waals surface area contributed by atoms with Gasteiger partial charge in [-0.05, 0) is 41.7 Å². The Morgan fingerprint density at radius 3 is 2.62 bits per heavy atom. The van der Waals surface area contributed by atoms with E-state index in [4.69, 9.17) is 0 Å². The molecule has 0 aliphatic rings. The Morgan fingerprint density at radius 2 is 1.88 bits per heavy atom. The average Bonchev–Trinajstić information content (AvgIpc) is 3.08. The van der Waals surface area contributed by atoms with Crippen molar-refractivity contribution in [2.75, 3.05) is 6.54 Å². The number of carbonyl (C=O) groups excluding carboxylic acids is 1. The van der Waals surface area contributed by atoms with Gasteiger partial charge in [-0.2, -0.15) is 0 Å². The van der Waals surface area contributed by atoms with E-state index >= 15 is 0 Å². The zero-order chi connectivity index (χ0) is 18.5. The van der Waals surface area contributed by atoms with Crippen LogP contribution in [0, 0.1) is 11.7 Å². The van der Waals surface area contributed by atoms with Gasteiger partial charge in [-0.3, -0.25) is 4.79 Å². The van der Waals surface area contributed by atoms with Gasteiger partial charge in [0.2, 0.25) is 0 Å². The van der Waals surface area contributed by atoms with Crippen LogP contribution in [0.5, 0.6) is 0 Å². The number of hydrogen-bond donors (Lipinski definition) is 2. The van der Waals surface area contributed by atoms with E-state index in [1.54, 1.807) is 18.3 Å². The standard InChI is InChI=1S/C22H25FN2O/c1-3-4-5-15(2)13-25-22(26)20-14-24-21-12-17(8-11-19(20)21)16-6-9-18(23)10-7-16/h6-12,14-15,24H,3-5,13H2,1-2H3,(H,25,26)/t15-/m0/s1. The molecule has 1 aromatic heterocycles. The van der Waals surface area contributed by atoms with E-state index in [1.165, 1.54) is 25.0 Å². The molecular weight excluding hydrogens is 327 g/mol. The fourth-order valence-electron chi connectivity index (χ4n) is 3.15. The van der Waals surface area contributed by atoms with Gasteiger partial charge < -0.3 is 10.3 Å². The molecule has 0 saturated heterocycles. The maximum atomic E-state index is 13.1. The third-order valence-electron chi connectivity index (χ3n) is 4.77. The summed E-state index contributed by atoms with van der Waals surface area (Å²) in [5.41, 5.74) is 3.49. The van der Waals surface area contributed by atoms with Crippen LogP contribution in [0.3, 0.4) is 0 Å². The summed E-state index contributed by atoms with van der Waals surface area (Å²) in [7, 11) is 0. The van der Waals surface area contributed by atoms with E-state index in [1.807, 2.05) is 18.2 Å². The number of hydrogen-bond acceptors (Lipinski definition) is 1. The summed E-state index contributed by atoms with van der Waals surface area (Å²) in [6.07, 6.45) is 5.25. The molecule has 2 N–H and O–H groups in total. The van der Waals surface area contributed by atoms with Crippen LogP contribution >= 0.6 is 0 Å². The Labute approximate surface area is 153 Å². The molecule has 0 radical (unpaired) electrons. The second kappa shape index (κ2) is 8.17. The molecule has 1 amide bonds. The van der Waals surface area contributed by atoms with Gasteiger partial charge in [0.15, 0.2) is 0 Å². The summed E-state index contributed by atoms with van der Waals surface area (Å²) < 4.78 is 13.1. The number of aromatic amines is 1. The fourth-order valence-corrected chi connectivity index (χ4v) is 3.15. The largest absolute Gasteiger partial charge is 0.360 e. The molecule has 4 heteroatoms. The van der Waals surface area contributed by atoms with Crippen LogP contribution in [0.4, 0.5) is 4.39 Å². The van der Waals surface area contributed by atoms with Gasteiger partial charge in [0.1, 0.15) is 5.82 Å². The van der Waals surface area contributed by atoms with Crippen LogP contribution in [0.15, 0.2) is 48.7 Å². The first-order valence-electron chi connectivity index (χ1n) is 9.23. The van der Waals surface area contributed by atoms with Crippen LogP contribution in [0.25, 0.3) is 22.0 Å². The molecule has 1 atom stereocenters. The molecule has 0 bridgehead atoms. The van der Waals surface area contributed by atoms with Gasteiger partial charge in [-0.25, -0.2) is 4.39 Å². The number of aromatic nitrogens is 1. The minimum atomic E-state index is -0.248. The van der Waals surface area contributed by atoms with Crippen molar-refractivity contribution in [3.8, 4) is 11.1 Å². The Morgan fingerprint density at radius 1 is 1.15 bits per heavy atom. The topological polar surface area (TPSA) is 44.9 Å². The van der Waals surface area contributed by atoms with Crippen molar-refractivity contribution >= 4 is 16.8 Å². The molecule has 0 aliphatic carbocycles. The minimum absolute atomic E-state index is 0.0471. The number of benzene rings is 2. The van der Waals surface area contributed by atoms with Gasteiger partial charge in [0, 0.05) is 23.6 Å². The molecule has 0 aliphatic heterocycles. The number of H-pyrrole nitrogens is 1. The normalized spacial score (nSPS) is 12.3. The Bertz CT molecular complexity index is 883. The van der Waals surface area contributed by atoms with Crippen LogP contribution in [-0.4, -0.2) is 17.4 Å². The monoisotopic (exact) mass is 352 g/mol. The van der Waals surface area contributed by atoms with Crippen molar-refractivity contribution in [3.63, 3.8) is 0 Å². The summed E-state index contributed by atoms with van der Waals surface area (Å²) in [5, 5.41) is 3.94. The summed E-state index contributed by atoms with van der Waals surface area (Å²) >= 11 is 0. The first kappa shape index (κ1) is 18.2. The number of fused-ring (bicyclic) bond motifs is 1. The van der Waals surface area contributed by atoms with Crippen LogP contribution in [0.1, 0.15) is 43.5 Å². The average molecular weight is 352 g/mol. The van der Waals surface area contributed by atoms with Gasteiger partial charge in [0.25, 0.3) is 5.91 Å². The van der Waals surface area contributed by atoms with Crippen LogP contribution < -0.4 is 5.32 Å². The van der Waals surface area contributed by atoms with Gasteiger partial charge in [0.05, 0.1) is 5.56 Å². The number of amides is 1. The molecule has 0 spiro atoms. The molecule has 0 saturated carbocycles. The summed E-state index contributed by atoms with van der Waals surface area (Å²) in [4.78, 5) is 15.7. The van der Waals surface area contributed by atoms with Crippen molar-refractivity contribution in [2.24, 2.45) is 5.92 Å². The molecule has 2 aromatic carbocycles. The molecule has 26 heavy (non-hydrogen) atoms. The van der Waals surface area contributed by atoms with E-state index in [-0.39, 0.29) is 11.7 Å². The highest BCUT2D eigenvalue weighted by molar-refractivity contribution is 6.07. The van der Waals surface area contributed by atoms with Crippen molar-refractivity contribution in [3.05, 3.63) is 60.0 Å². The van der Waals surface area contributed by atoms with E-state index < -0.39 is 0 Å². The molecule has 136 valence electrons. The molecule has 3 nitrogen and oxygen atoms in total. The lowest BCUT2D eigenvalue weighted by Gasteiger charge is -2.11. The summed E-state index contributed by atoms with van der Waals surface area (Å²) in [6.45, 7) is 5.04. The summed E-state index contributed by atoms with van der Waals surface area (Å²) in [6, 6.07) is 12.3. The Kier molecular flexibility index (Phi) is 5.71. The van der Waals surface area contributed by atoms with Crippen molar-refractivity contribution < 1.29 is 9.18 Å². The minimum Gasteiger partial charge on any atom is -0.360 e. The van der Waals surface area contributed by atoms with Gasteiger partial charge in [-0.15, -0.1) is 0 Å². The molecule has 0 fully saturated rings. The maximum Gasteiger partial charge on any atom is 0.253 e. The highest BCUT2D eigenvalue weighted by Crippen LogP contribution is 2.26. The highest BCUT2D eigenvalue weighted by Gasteiger charge is 2.13.